The van der Waals surface area contributed by atoms with Crippen molar-refractivity contribution in [2.75, 3.05) is 25.7 Å². The summed E-state index contributed by atoms with van der Waals surface area (Å²) in [7, 11) is -1.43. The predicted molar refractivity (Wildman–Crippen MR) is 126 cm³/mol. The Labute approximate surface area is 202 Å². The number of amides is 1. The molecular weight excluding hydrogens is 475 g/mol. The molecule has 1 heterocycles. The number of rotatable bonds is 6. The van der Waals surface area contributed by atoms with E-state index in [9.17, 15) is 22.4 Å². The Balaban J connectivity index is 1.75. The summed E-state index contributed by atoms with van der Waals surface area (Å²) < 4.78 is 51.9. The lowest BCUT2D eigenvalue weighted by atomic mass is 10.1. The summed E-state index contributed by atoms with van der Waals surface area (Å²) >= 11 is 0. The van der Waals surface area contributed by atoms with E-state index in [0.717, 1.165) is 4.31 Å². The molecule has 0 N–H and O–H groups in total. The third-order valence-electron chi connectivity index (χ3n) is 5.69. The molecule has 1 aliphatic heterocycles. The van der Waals surface area contributed by atoms with Crippen molar-refractivity contribution in [3.63, 3.8) is 0 Å². The zero-order valence-electron chi connectivity index (χ0n) is 19.1. The van der Waals surface area contributed by atoms with E-state index in [4.69, 9.17) is 9.47 Å². The molecule has 0 spiro atoms. The molecule has 3 aromatic rings. The molecule has 1 amide bonds. The normalized spacial score (nSPS) is 15.3. The number of halogens is 1. The van der Waals surface area contributed by atoms with Gasteiger partial charge in [0.1, 0.15) is 16.5 Å². The van der Waals surface area contributed by atoms with Crippen LogP contribution in [0.3, 0.4) is 0 Å². The maximum absolute atomic E-state index is 13.7. The number of anilines is 1. The van der Waals surface area contributed by atoms with Crippen LogP contribution in [0.1, 0.15) is 21.5 Å². The highest BCUT2D eigenvalue weighted by molar-refractivity contribution is 7.89. The number of carbonyl (C=O) groups excluding carboxylic acids is 2. The van der Waals surface area contributed by atoms with E-state index in [0.29, 0.717) is 16.9 Å². The van der Waals surface area contributed by atoms with Crippen molar-refractivity contribution in [2.45, 2.75) is 18.0 Å². The van der Waals surface area contributed by atoms with Gasteiger partial charge in [-0.2, -0.15) is 4.31 Å². The van der Waals surface area contributed by atoms with Gasteiger partial charge in [-0.3, -0.25) is 4.79 Å². The Bertz CT molecular complexity index is 1370. The molecule has 0 aliphatic carbocycles. The predicted octanol–water partition coefficient (Wildman–Crippen LogP) is 3.36. The zero-order valence-corrected chi connectivity index (χ0v) is 19.9. The molecular formula is C25H23FN2O6S. The van der Waals surface area contributed by atoms with Gasteiger partial charge < -0.3 is 14.4 Å². The van der Waals surface area contributed by atoms with Crippen molar-refractivity contribution < 1.29 is 31.9 Å². The van der Waals surface area contributed by atoms with Crippen LogP contribution in [0.2, 0.25) is 0 Å². The molecule has 1 aliphatic rings. The number of carbonyl (C=O) groups is 2. The summed E-state index contributed by atoms with van der Waals surface area (Å²) in [5.74, 6) is -1.08. The Morgan fingerprint density at radius 1 is 1.00 bits per heavy atom. The third kappa shape index (κ3) is 4.89. The average Bonchev–Trinajstić information content (AvgIpc) is 2.93. The number of esters is 1. The monoisotopic (exact) mass is 498 g/mol. The van der Waals surface area contributed by atoms with Crippen molar-refractivity contribution in [1.29, 1.82) is 0 Å². The summed E-state index contributed by atoms with van der Waals surface area (Å²) in [5, 5.41) is 0. The van der Waals surface area contributed by atoms with E-state index in [1.807, 2.05) is 0 Å². The molecule has 182 valence electrons. The lowest BCUT2D eigenvalue weighted by molar-refractivity contribution is -0.119. The van der Waals surface area contributed by atoms with Crippen LogP contribution in [0.5, 0.6) is 5.75 Å². The van der Waals surface area contributed by atoms with Gasteiger partial charge >= 0.3 is 5.97 Å². The third-order valence-corrected chi connectivity index (χ3v) is 7.53. The van der Waals surface area contributed by atoms with Crippen LogP contribution in [-0.2, 0) is 32.6 Å². The van der Waals surface area contributed by atoms with Crippen LogP contribution in [0.25, 0.3) is 0 Å². The summed E-state index contributed by atoms with van der Waals surface area (Å²) in [4.78, 5) is 26.7. The second kappa shape index (κ2) is 9.85. The number of fused-ring (bicyclic) bond motifs is 1. The summed E-state index contributed by atoms with van der Waals surface area (Å²) in [6.07, 6.45) is 0. The standard InChI is InChI=1S/C25H23FN2O6S/c1-33-22-12-9-18(25(30)34-2)13-19(22)15-27-16-24(29)28(14-17-7-10-20(26)11-8-17)21-5-3-4-6-23(21)35(27,31)32/h3-13H,14-16H2,1-2H3. The molecule has 8 nitrogen and oxygen atoms in total. The van der Waals surface area contributed by atoms with Crippen LogP contribution in [0.15, 0.2) is 71.6 Å². The molecule has 4 rings (SSSR count). The van der Waals surface area contributed by atoms with E-state index in [2.05, 4.69) is 0 Å². The van der Waals surface area contributed by atoms with E-state index in [1.54, 1.807) is 36.4 Å². The van der Waals surface area contributed by atoms with Crippen LogP contribution in [0, 0.1) is 5.82 Å². The first kappa shape index (κ1) is 24.4. The van der Waals surface area contributed by atoms with Crippen molar-refractivity contribution in [2.24, 2.45) is 0 Å². The Morgan fingerprint density at radius 3 is 2.40 bits per heavy atom. The van der Waals surface area contributed by atoms with E-state index >= 15 is 0 Å². The fraction of sp³-hybridized carbons (Fsp3) is 0.200. The molecule has 0 saturated heterocycles. The van der Waals surface area contributed by atoms with Gasteiger partial charge in [-0.15, -0.1) is 0 Å². The number of ether oxygens (including phenoxy) is 2. The first-order valence-corrected chi connectivity index (χ1v) is 12.1. The molecule has 35 heavy (non-hydrogen) atoms. The number of sulfonamides is 1. The molecule has 0 radical (unpaired) electrons. The average molecular weight is 499 g/mol. The largest absolute Gasteiger partial charge is 0.496 e. The van der Waals surface area contributed by atoms with Gasteiger partial charge in [-0.05, 0) is 48.0 Å². The highest BCUT2D eigenvalue weighted by Gasteiger charge is 2.37. The molecule has 3 aromatic carbocycles. The fourth-order valence-electron chi connectivity index (χ4n) is 3.92. The van der Waals surface area contributed by atoms with Crippen molar-refractivity contribution >= 4 is 27.6 Å². The van der Waals surface area contributed by atoms with Crippen LogP contribution in [0.4, 0.5) is 10.1 Å². The van der Waals surface area contributed by atoms with Crippen molar-refractivity contribution in [3.05, 3.63) is 89.2 Å². The Kier molecular flexibility index (Phi) is 6.86. The van der Waals surface area contributed by atoms with Gasteiger partial charge in [0.15, 0.2) is 0 Å². The second-order valence-corrected chi connectivity index (χ2v) is 9.77. The lowest BCUT2D eigenvalue weighted by Gasteiger charge is -2.22. The Hall–Kier alpha value is -3.76. The number of hydrogen-bond donors (Lipinski definition) is 0. The lowest BCUT2D eigenvalue weighted by Crippen LogP contribution is -2.38. The van der Waals surface area contributed by atoms with E-state index in [1.165, 1.54) is 49.5 Å². The molecule has 0 fully saturated rings. The first-order valence-electron chi connectivity index (χ1n) is 10.6. The highest BCUT2D eigenvalue weighted by atomic mass is 32.2. The van der Waals surface area contributed by atoms with Gasteiger partial charge in [-0.25, -0.2) is 17.6 Å². The fourth-order valence-corrected chi connectivity index (χ4v) is 5.48. The number of hydrogen-bond acceptors (Lipinski definition) is 6. The minimum Gasteiger partial charge on any atom is -0.496 e. The first-order chi connectivity index (χ1) is 16.7. The number of para-hydroxylation sites is 1. The molecule has 0 bridgehead atoms. The zero-order chi connectivity index (χ0) is 25.2. The maximum atomic E-state index is 13.7. The highest BCUT2D eigenvalue weighted by Crippen LogP contribution is 2.34. The van der Waals surface area contributed by atoms with E-state index < -0.39 is 34.3 Å². The van der Waals surface area contributed by atoms with Gasteiger partial charge in [0, 0.05) is 12.1 Å². The minimum atomic E-state index is -4.11. The number of benzene rings is 3. The van der Waals surface area contributed by atoms with Crippen LogP contribution >= 0.6 is 0 Å². The van der Waals surface area contributed by atoms with Gasteiger partial charge in [0.05, 0.1) is 38.6 Å². The Morgan fingerprint density at radius 2 is 1.71 bits per heavy atom. The SMILES string of the molecule is COC(=O)c1ccc(OC)c(CN2CC(=O)N(Cc3ccc(F)cc3)c3ccccc3S2(=O)=O)c1. The summed E-state index contributed by atoms with van der Waals surface area (Å²) in [6, 6.07) is 16.4. The topological polar surface area (TPSA) is 93.2 Å². The van der Waals surface area contributed by atoms with Gasteiger partial charge in [0.25, 0.3) is 0 Å². The van der Waals surface area contributed by atoms with Crippen LogP contribution < -0.4 is 9.64 Å². The second-order valence-electron chi connectivity index (χ2n) is 7.87. The van der Waals surface area contributed by atoms with Gasteiger partial charge in [0.2, 0.25) is 15.9 Å². The van der Waals surface area contributed by atoms with Crippen molar-refractivity contribution in [3.8, 4) is 5.75 Å². The maximum Gasteiger partial charge on any atom is 0.337 e. The quantitative estimate of drug-likeness (QED) is 0.484. The number of nitrogens with zero attached hydrogens (tertiary/aromatic N) is 2. The molecule has 0 unspecified atom stereocenters. The molecule has 10 heteroatoms. The molecule has 0 aromatic heterocycles. The number of methoxy groups -OCH3 is 2. The molecule has 0 saturated carbocycles. The summed E-state index contributed by atoms with van der Waals surface area (Å²) in [6.45, 7) is -0.578. The van der Waals surface area contributed by atoms with Crippen molar-refractivity contribution in [1.82, 2.24) is 4.31 Å². The van der Waals surface area contributed by atoms with E-state index in [-0.39, 0.29) is 29.2 Å². The van der Waals surface area contributed by atoms with Crippen LogP contribution in [-0.4, -0.2) is 45.4 Å². The molecule has 0 atom stereocenters. The smallest absolute Gasteiger partial charge is 0.337 e. The summed E-state index contributed by atoms with van der Waals surface area (Å²) in [5.41, 5.74) is 1.50. The minimum absolute atomic E-state index is 0.0314. The van der Waals surface area contributed by atoms with Gasteiger partial charge in [-0.1, -0.05) is 24.3 Å².